The smallest absolute Gasteiger partial charge is 0.255 e. The third-order valence-corrected chi connectivity index (χ3v) is 4.54. The van der Waals surface area contributed by atoms with E-state index >= 15 is 0 Å². The molecule has 0 fully saturated rings. The van der Waals surface area contributed by atoms with Crippen molar-refractivity contribution in [2.75, 3.05) is 24.3 Å². The standard InChI is InChI=1S/C23H21N3O2/c1-15-6-4-8-17(12-15)23-25-20-11-10-18(14-21(20)28-23)24-22(27)16-7-5-9-19(13-16)26(2)3/h4-14H,1-3H3,(H,24,27). The number of anilines is 2. The summed E-state index contributed by atoms with van der Waals surface area (Å²) in [7, 11) is 3.89. The minimum atomic E-state index is -0.165. The number of rotatable bonds is 4. The van der Waals surface area contributed by atoms with Crippen LogP contribution in [-0.4, -0.2) is 25.0 Å². The van der Waals surface area contributed by atoms with Gasteiger partial charge in [-0.3, -0.25) is 4.79 Å². The Hall–Kier alpha value is -3.60. The van der Waals surface area contributed by atoms with Gasteiger partial charge in [0.05, 0.1) is 0 Å². The van der Waals surface area contributed by atoms with Crippen molar-refractivity contribution in [1.29, 1.82) is 0 Å². The molecule has 0 saturated heterocycles. The van der Waals surface area contributed by atoms with Crippen molar-refractivity contribution in [3.63, 3.8) is 0 Å². The average molecular weight is 371 g/mol. The molecule has 0 aliphatic carbocycles. The van der Waals surface area contributed by atoms with E-state index in [9.17, 15) is 4.79 Å². The van der Waals surface area contributed by atoms with Gasteiger partial charge in [-0.1, -0.05) is 23.8 Å². The summed E-state index contributed by atoms with van der Waals surface area (Å²) in [6.45, 7) is 2.03. The highest BCUT2D eigenvalue weighted by molar-refractivity contribution is 6.05. The fraction of sp³-hybridized carbons (Fsp3) is 0.130. The molecule has 0 unspecified atom stereocenters. The number of aryl methyl sites for hydroxylation is 1. The van der Waals surface area contributed by atoms with Crippen molar-refractivity contribution in [3.05, 3.63) is 77.9 Å². The number of oxazole rings is 1. The number of fused-ring (bicyclic) bond motifs is 1. The third kappa shape index (κ3) is 3.60. The maximum Gasteiger partial charge on any atom is 0.255 e. The van der Waals surface area contributed by atoms with Crippen molar-refractivity contribution in [3.8, 4) is 11.5 Å². The summed E-state index contributed by atoms with van der Waals surface area (Å²) in [5.74, 6) is 0.405. The summed E-state index contributed by atoms with van der Waals surface area (Å²) in [5.41, 5.74) is 5.71. The molecule has 0 saturated carbocycles. The Labute approximate surface area is 163 Å². The molecule has 0 aliphatic rings. The molecule has 0 radical (unpaired) electrons. The molecule has 4 aromatic rings. The van der Waals surface area contributed by atoms with Crippen LogP contribution in [0, 0.1) is 6.92 Å². The minimum Gasteiger partial charge on any atom is -0.436 e. The van der Waals surface area contributed by atoms with Crippen LogP contribution in [0.5, 0.6) is 0 Å². The van der Waals surface area contributed by atoms with E-state index in [1.54, 1.807) is 12.1 Å². The number of hydrogen-bond donors (Lipinski definition) is 1. The zero-order valence-electron chi connectivity index (χ0n) is 16.1. The Balaban J connectivity index is 1.59. The zero-order chi connectivity index (χ0) is 19.7. The van der Waals surface area contributed by atoms with E-state index in [1.807, 2.05) is 80.5 Å². The highest BCUT2D eigenvalue weighted by Gasteiger charge is 2.11. The fourth-order valence-electron chi connectivity index (χ4n) is 3.03. The van der Waals surface area contributed by atoms with Gasteiger partial charge >= 0.3 is 0 Å². The van der Waals surface area contributed by atoms with Crippen molar-refractivity contribution >= 4 is 28.4 Å². The summed E-state index contributed by atoms with van der Waals surface area (Å²) in [5, 5.41) is 2.93. The maximum atomic E-state index is 12.6. The van der Waals surface area contributed by atoms with Gasteiger partial charge in [0.25, 0.3) is 5.91 Å². The van der Waals surface area contributed by atoms with Gasteiger partial charge in [-0.25, -0.2) is 4.98 Å². The maximum absolute atomic E-state index is 12.6. The van der Waals surface area contributed by atoms with Crippen LogP contribution in [-0.2, 0) is 0 Å². The van der Waals surface area contributed by atoms with Gasteiger partial charge in [0, 0.05) is 42.7 Å². The quantitative estimate of drug-likeness (QED) is 0.541. The average Bonchev–Trinajstić information content (AvgIpc) is 3.11. The number of carbonyl (C=O) groups excluding carboxylic acids is 1. The van der Waals surface area contributed by atoms with Gasteiger partial charge in [0.2, 0.25) is 5.89 Å². The molecular formula is C23H21N3O2. The largest absolute Gasteiger partial charge is 0.436 e. The number of hydrogen-bond acceptors (Lipinski definition) is 4. The molecule has 0 spiro atoms. The van der Waals surface area contributed by atoms with Gasteiger partial charge in [0.15, 0.2) is 5.58 Å². The van der Waals surface area contributed by atoms with Gasteiger partial charge in [-0.05, 0) is 49.4 Å². The van der Waals surface area contributed by atoms with Gasteiger partial charge in [-0.15, -0.1) is 0 Å². The molecule has 1 amide bonds. The van der Waals surface area contributed by atoms with Crippen LogP contribution >= 0.6 is 0 Å². The second kappa shape index (κ2) is 7.19. The second-order valence-electron chi connectivity index (χ2n) is 6.97. The predicted octanol–water partition coefficient (Wildman–Crippen LogP) is 5.12. The number of benzene rings is 3. The van der Waals surface area contributed by atoms with Gasteiger partial charge in [-0.2, -0.15) is 0 Å². The molecule has 28 heavy (non-hydrogen) atoms. The molecule has 3 aromatic carbocycles. The number of nitrogens with one attached hydrogen (secondary N) is 1. The van der Waals surface area contributed by atoms with Crippen molar-refractivity contribution < 1.29 is 9.21 Å². The minimum absolute atomic E-state index is 0.165. The van der Waals surface area contributed by atoms with Crippen molar-refractivity contribution in [1.82, 2.24) is 4.98 Å². The van der Waals surface area contributed by atoms with Crippen LogP contribution < -0.4 is 10.2 Å². The lowest BCUT2D eigenvalue weighted by Crippen LogP contribution is -2.14. The third-order valence-electron chi connectivity index (χ3n) is 4.54. The molecular weight excluding hydrogens is 350 g/mol. The summed E-state index contributed by atoms with van der Waals surface area (Å²) in [6, 6.07) is 21.0. The van der Waals surface area contributed by atoms with Crippen LogP contribution in [0.25, 0.3) is 22.6 Å². The summed E-state index contributed by atoms with van der Waals surface area (Å²) in [4.78, 5) is 19.1. The molecule has 140 valence electrons. The molecule has 0 aliphatic heterocycles. The first-order chi connectivity index (χ1) is 13.5. The highest BCUT2D eigenvalue weighted by atomic mass is 16.3. The Morgan fingerprint density at radius 1 is 1.00 bits per heavy atom. The molecule has 1 aromatic heterocycles. The lowest BCUT2D eigenvalue weighted by Gasteiger charge is -2.13. The molecule has 1 heterocycles. The monoisotopic (exact) mass is 371 g/mol. The van der Waals surface area contributed by atoms with Crippen LogP contribution in [0.2, 0.25) is 0 Å². The van der Waals surface area contributed by atoms with E-state index in [-0.39, 0.29) is 5.91 Å². The van der Waals surface area contributed by atoms with Gasteiger partial charge in [0.1, 0.15) is 5.52 Å². The summed E-state index contributed by atoms with van der Waals surface area (Å²) in [6.07, 6.45) is 0. The van der Waals surface area contributed by atoms with Crippen LogP contribution in [0.3, 0.4) is 0 Å². The van der Waals surface area contributed by atoms with Crippen LogP contribution in [0.1, 0.15) is 15.9 Å². The molecule has 5 nitrogen and oxygen atoms in total. The lowest BCUT2D eigenvalue weighted by atomic mass is 10.1. The fourth-order valence-corrected chi connectivity index (χ4v) is 3.03. The molecule has 1 N–H and O–H groups in total. The zero-order valence-corrected chi connectivity index (χ0v) is 16.1. The first-order valence-corrected chi connectivity index (χ1v) is 9.06. The van der Waals surface area contributed by atoms with E-state index in [0.29, 0.717) is 22.7 Å². The highest BCUT2D eigenvalue weighted by Crippen LogP contribution is 2.27. The molecule has 4 rings (SSSR count). The number of nitrogens with zero attached hydrogens (tertiary/aromatic N) is 2. The molecule has 5 heteroatoms. The normalized spacial score (nSPS) is 10.8. The van der Waals surface area contributed by atoms with Crippen LogP contribution in [0.4, 0.5) is 11.4 Å². The number of amides is 1. The number of carbonyl (C=O) groups is 1. The summed E-state index contributed by atoms with van der Waals surface area (Å²) >= 11 is 0. The Morgan fingerprint density at radius 2 is 1.82 bits per heavy atom. The van der Waals surface area contributed by atoms with Crippen LogP contribution in [0.15, 0.2) is 71.1 Å². The second-order valence-corrected chi connectivity index (χ2v) is 6.97. The van der Waals surface area contributed by atoms with Crippen molar-refractivity contribution in [2.45, 2.75) is 6.92 Å². The lowest BCUT2D eigenvalue weighted by molar-refractivity contribution is 0.102. The molecule has 0 bridgehead atoms. The topological polar surface area (TPSA) is 58.4 Å². The van der Waals surface area contributed by atoms with Crippen molar-refractivity contribution in [2.24, 2.45) is 0 Å². The predicted molar refractivity (Wildman–Crippen MR) is 113 cm³/mol. The van der Waals surface area contributed by atoms with E-state index in [2.05, 4.69) is 10.3 Å². The molecule has 0 atom stereocenters. The Bertz CT molecular complexity index is 1160. The Kier molecular flexibility index (Phi) is 4.57. The summed E-state index contributed by atoms with van der Waals surface area (Å²) < 4.78 is 5.92. The van der Waals surface area contributed by atoms with E-state index in [4.69, 9.17) is 4.42 Å². The van der Waals surface area contributed by atoms with E-state index in [1.165, 1.54) is 0 Å². The van der Waals surface area contributed by atoms with E-state index in [0.717, 1.165) is 22.3 Å². The van der Waals surface area contributed by atoms with E-state index < -0.39 is 0 Å². The Morgan fingerprint density at radius 3 is 2.61 bits per heavy atom. The van der Waals surface area contributed by atoms with Gasteiger partial charge < -0.3 is 14.6 Å². The SMILES string of the molecule is Cc1cccc(-c2nc3ccc(NC(=O)c4cccc(N(C)C)c4)cc3o2)c1. The first kappa shape index (κ1) is 17.8. The first-order valence-electron chi connectivity index (χ1n) is 9.06. The number of aromatic nitrogens is 1.